The molecule has 3 aromatic carbocycles. The van der Waals surface area contributed by atoms with Crippen LogP contribution in [0.2, 0.25) is 15.1 Å². The molecule has 3 N–H and O–H groups in total. The number of amides is 3. The van der Waals surface area contributed by atoms with E-state index >= 15 is 0 Å². The fraction of sp³-hybridized carbons (Fsp3) is 0.451. The lowest BCUT2D eigenvalue weighted by Crippen LogP contribution is -2.41. The van der Waals surface area contributed by atoms with Crippen molar-refractivity contribution in [1.82, 2.24) is 0 Å². The van der Waals surface area contributed by atoms with Crippen molar-refractivity contribution in [2.75, 3.05) is 16.0 Å². The van der Waals surface area contributed by atoms with Gasteiger partial charge in [0.2, 0.25) is 0 Å². The number of allylic oxidation sites excluding steroid dienone is 2. The predicted octanol–water partition coefficient (Wildman–Crippen LogP) is 14.7. The molecule has 0 aromatic heterocycles. The highest BCUT2D eigenvalue weighted by atomic mass is 79.9. The Balaban J connectivity index is 0.000000471. The minimum Gasteiger partial charge on any atom is -0.444 e. The summed E-state index contributed by atoms with van der Waals surface area (Å²) in [5.41, 5.74) is 0.802. The Labute approximate surface area is 437 Å². The van der Waals surface area contributed by atoms with Crippen molar-refractivity contribution < 1.29 is 52.3 Å². The van der Waals surface area contributed by atoms with Gasteiger partial charge < -0.3 is 28.3 Å². The summed E-state index contributed by atoms with van der Waals surface area (Å²) in [6.07, 6.45) is 4.01. The number of aryl methyl sites for hydroxylation is 1. The normalized spacial score (nSPS) is 13.9. The fourth-order valence-electron chi connectivity index (χ4n) is 5.12. The zero-order valence-electron chi connectivity index (χ0n) is 43.0. The second-order valence-corrected chi connectivity index (χ2v) is 21.9. The smallest absolute Gasteiger partial charge is 0.444 e. The number of carbonyl (C=O) groups excluding carboxylic acids is 6. The molecule has 4 rings (SSSR count). The third kappa shape index (κ3) is 27.0. The maximum absolute atomic E-state index is 11.7. The molecule has 0 unspecified atom stereocenters. The van der Waals surface area contributed by atoms with Gasteiger partial charge in [0.1, 0.15) is 22.6 Å². The Morgan fingerprint density at radius 1 is 0.600 bits per heavy atom. The van der Waals surface area contributed by atoms with Crippen LogP contribution < -0.4 is 16.0 Å². The number of halogens is 4. The lowest BCUT2D eigenvalue weighted by molar-refractivity contribution is -0.117. The monoisotopic (exact) mass is 1090 g/mol. The third-order valence-electron chi connectivity index (χ3n) is 8.89. The van der Waals surface area contributed by atoms with Crippen molar-refractivity contribution in [3.8, 4) is 0 Å². The lowest BCUT2D eigenvalue weighted by atomic mass is 9.90. The molecular formula is C51H68BBrCl3N3O11. The van der Waals surface area contributed by atoms with Gasteiger partial charge in [0.25, 0.3) is 0 Å². The van der Waals surface area contributed by atoms with Crippen LogP contribution >= 0.6 is 50.7 Å². The van der Waals surface area contributed by atoms with Gasteiger partial charge in [-0.25, -0.2) is 14.4 Å². The van der Waals surface area contributed by atoms with Crippen LogP contribution in [0, 0.1) is 0 Å². The summed E-state index contributed by atoms with van der Waals surface area (Å²) >= 11 is 21.3. The highest BCUT2D eigenvalue weighted by Crippen LogP contribution is 2.37. The van der Waals surface area contributed by atoms with Crippen LogP contribution in [0.25, 0.3) is 6.08 Å². The third-order valence-corrected chi connectivity index (χ3v) is 10.4. The number of ketones is 3. The lowest BCUT2D eigenvalue weighted by Gasteiger charge is -2.32. The SMILES string of the molecule is CC(=O)/C=C/B1OC(C)(C)C(C)(C)O1.CC(=O)/C=C/c1ccc(Cl)c(NC(=O)OC(C)(C)C)c1.CC(=O)CCc1ccc(Cl)c(NC(=O)OC(C)(C)C)c1.CC(C)(C)OC(=O)Nc1cc(Br)ccc1Cl. The maximum atomic E-state index is 11.7. The first-order chi connectivity index (χ1) is 31.9. The highest BCUT2D eigenvalue weighted by Gasteiger charge is 2.50. The summed E-state index contributed by atoms with van der Waals surface area (Å²) in [5.74, 6) is 1.72. The van der Waals surface area contributed by atoms with E-state index in [9.17, 15) is 28.8 Å². The zero-order chi connectivity index (χ0) is 54.0. The highest BCUT2D eigenvalue weighted by molar-refractivity contribution is 9.10. The van der Waals surface area contributed by atoms with E-state index in [-0.39, 0.29) is 28.6 Å². The predicted molar refractivity (Wildman–Crippen MR) is 286 cm³/mol. The van der Waals surface area contributed by atoms with Crippen molar-refractivity contribution in [2.45, 2.75) is 152 Å². The van der Waals surface area contributed by atoms with Gasteiger partial charge in [0, 0.05) is 10.9 Å². The minimum atomic E-state index is -0.581. The summed E-state index contributed by atoms with van der Waals surface area (Å²) in [4.78, 5) is 67.5. The topological polar surface area (TPSA) is 185 Å². The molecule has 3 amide bonds. The molecule has 0 spiro atoms. The average molecular weight is 1100 g/mol. The van der Waals surface area contributed by atoms with E-state index in [0.29, 0.717) is 45.0 Å². The molecule has 1 fully saturated rings. The Bertz CT molecular complexity index is 2350. The first-order valence-corrected chi connectivity index (χ1v) is 24.0. The van der Waals surface area contributed by atoms with Gasteiger partial charge in [-0.3, -0.25) is 25.5 Å². The number of hydrogen-bond acceptors (Lipinski definition) is 11. The molecule has 0 radical (unpaired) electrons. The second kappa shape index (κ2) is 27.8. The Hall–Kier alpha value is -4.71. The van der Waals surface area contributed by atoms with E-state index in [4.69, 9.17) is 58.3 Å². The van der Waals surface area contributed by atoms with Crippen molar-refractivity contribution >= 4 is 117 Å². The summed E-state index contributed by atoms with van der Waals surface area (Å²) in [7, 11) is -0.413. The minimum absolute atomic E-state index is 0.000266. The molecule has 14 nitrogen and oxygen atoms in total. The van der Waals surface area contributed by atoms with Gasteiger partial charge in [-0.2, -0.15) is 0 Å². The molecule has 0 saturated carbocycles. The first kappa shape index (κ1) is 63.3. The van der Waals surface area contributed by atoms with Crippen molar-refractivity contribution in [3.63, 3.8) is 0 Å². The van der Waals surface area contributed by atoms with Crippen molar-refractivity contribution in [2.24, 2.45) is 0 Å². The van der Waals surface area contributed by atoms with E-state index in [1.54, 1.807) is 130 Å². The Kier molecular flexibility index (Phi) is 25.1. The van der Waals surface area contributed by atoms with Crippen LogP contribution in [0.5, 0.6) is 0 Å². The van der Waals surface area contributed by atoms with Gasteiger partial charge in [-0.1, -0.05) is 74.9 Å². The molecule has 1 aliphatic rings. The molecule has 3 aromatic rings. The number of ether oxygens (including phenoxy) is 3. The van der Waals surface area contributed by atoms with Gasteiger partial charge >= 0.3 is 25.4 Å². The van der Waals surface area contributed by atoms with Crippen LogP contribution in [-0.2, 0) is 44.3 Å². The van der Waals surface area contributed by atoms with Gasteiger partial charge in [0.15, 0.2) is 11.6 Å². The van der Waals surface area contributed by atoms with Crippen LogP contribution in [0.15, 0.2) is 77.2 Å². The molecule has 0 aliphatic carbocycles. The molecule has 19 heteroatoms. The van der Waals surface area contributed by atoms with E-state index in [1.807, 2.05) is 33.8 Å². The summed E-state index contributed by atoms with van der Waals surface area (Å²) in [6, 6.07) is 15.6. The number of benzene rings is 3. The van der Waals surface area contributed by atoms with Gasteiger partial charge in [0.05, 0.1) is 43.3 Å². The summed E-state index contributed by atoms with van der Waals surface area (Å²) in [5, 5.41) is 9.08. The molecular weight excluding hydrogens is 1030 g/mol. The molecule has 1 aliphatic heterocycles. The van der Waals surface area contributed by atoms with E-state index in [2.05, 4.69) is 31.9 Å². The van der Waals surface area contributed by atoms with Crippen molar-refractivity contribution in [3.05, 3.63) is 103 Å². The van der Waals surface area contributed by atoms with Gasteiger partial charge in [-0.05, 0) is 183 Å². The zero-order valence-corrected chi connectivity index (χ0v) is 46.9. The fourth-order valence-corrected chi connectivity index (χ4v) is 5.97. The second-order valence-electron chi connectivity index (χ2n) is 19.8. The largest absolute Gasteiger partial charge is 0.487 e. The number of Topliss-reactive ketones (excluding diaryl/α,β-unsaturated/α-hetero) is 1. The molecule has 384 valence electrons. The number of anilines is 3. The number of nitrogens with one attached hydrogen (secondary N) is 3. The molecule has 1 heterocycles. The summed E-state index contributed by atoms with van der Waals surface area (Å²) in [6.45, 7) is 28.5. The molecule has 0 bridgehead atoms. The number of hydrogen-bond donors (Lipinski definition) is 3. The van der Waals surface area contributed by atoms with Crippen LogP contribution in [0.4, 0.5) is 31.4 Å². The standard InChI is InChI=1S/C15H20ClNO3.C15H18ClNO3.C11H13BrClNO2.C10H17BO3/c2*1-10(18)5-6-11-7-8-12(16)13(9-11)17-14(19)20-15(2,3)4;1-11(2,3)16-10(15)14-9-6-7(12)4-5-8(9)13;1-8(12)6-7-11-13-9(2,3)10(4,5)14-11/h7-9H,5-6H2,1-4H3,(H,17,19);5-9H,1-4H3,(H,17,19);4-6H,1-3H3,(H,14,15);6-7H,1-5H3/b;6-5+;;7-6+. The number of carbonyl (C=O) groups is 6. The number of rotatable bonds is 10. The van der Waals surface area contributed by atoms with E-state index in [1.165, 1.54) is 26.0 Å². The molecule has 0 atom stereocenters. The van der Waals surface area contributed by atoms with Crippen LogP contribution in [0.1, 0.15) is 128 Å². The van der Waals surface area contributed by atoms with Gasteiger partial charge in [-0.15, -0.1) is 0 Å². The quantitative estimate of drug-likeness (QED) is 0.0997. The van der Waals surface area contributed by atoms with E-state index in [0.717, 1.165) is 15.6 Å². The van der Waals surface area contributed by atoms with E-state index < -0.39 is 42.2 Å². The molecule has 70 heavy (non-hydrogen) atoms. The first-order valence-electron chi connectivity index (χ1n) is 22.1. The maximum Gasteiger partial charge on any atom is 0.487 e. The van der Waals surface area contributed by atoms with Crippen LogP contribution in [0.3, 0.4) is 0 Å². The average Bonchev–Trinajstić information content (AvgIpc) is 3.39. The van der Waals surface area contributed by atoms with Crippen molar-refractivity contribution in [1.29, 1.82) is 0 Å². The summed E-state index contributed by atoms with van der Waals surface area (Å²) < 4.78 is 27.6. The Morgan fingerprint density at radius 3 is 1.39 bits per heavy atom. The van der Waals surface area contributed by atoms with Crippen LogP contribution in [-0.4, -0.2) is 70.8 Å². The Morgan fingerprint density at radius 2 is 0.986 bits per heavy atom. The molecule has 1 saturated heterocycles.